The summed E-state index contributed by atoms with van der Waals surface area (Å²) in [6.07, 6.45) is 7.68. The Bertz CT molecular complexity index is 1040. The van der Waals surface area contributed by atoms with E-state index >= 15 is 0 Å². The number of sulfone groups is 1. The van der Waals surface area contributed by atoms with Gasteiger partial charge in [-0.15, -0.1) is 0 Å². The van der Waals surface area contributed by atoms with Crippen LogP contribution in [0.15, 0.2) is 78.0 Å². The molecule has 0 atom stereocenters. The summed E-state index contributed by atoms with van der Waals surface area (Å²) in [5, 5.41) is 6.94. The van der Waals surface area contributed by atoms with Crippen molar-refractivity contribution in [2.75, 3.05) is 11.6 Å². The molecule has 0 aliphatic heterocycles. The third-order valence-electron chi connectivity index (χ3n) is 3.60. The minimum atomic E-state index is -3.25. The highest BCUT2D eigenvalue weighted by Crippen LogP contribution is 2.14. The van der Waals surface area contributed by atoms with Crippen molar-refractivity contribution >= 4 is 27.5 Å². The number of benzene rings is 2. The molecule has 1 aromatic heterocycles. The van der Waals surface area contributed by atoms with E-state index in [1.165, 1.54) is 18.2 Å². The molecular formula is C19H17N3O3S. The molecule has 0 saturated heterocycles. The number of nitrogens with one attached hydrogen (secondary N) is 1. The third-order valence-corrected chi connectivity index (χ3v) is 4.73. The molecule has 0 radical (unpaired) electrons. The molecule has 0 saturated carbocycles. The summed E-state index contributed by atoms with van der Waals surface area (Å²) in [6, 6.07) is 15.7. The van der Waals surface area contributed by atoms with Crippen LogP contribution in [0, 0.1) is 0 Å². The van der Waals surface area contributed by atoms with Crippen LogP contribution in [0.4, 0.5) is 5.69 Å². The van der Waals surface area contributed by atoms with Gasteiger partial charge in [0.2, 0.25) is 5.91 Å². The number of amides is 1. The van der Waals surface area contributed by atoms with Crippen molar-refractivity contribution in [3.05, 3.63) is 78.6 Å². The molecule has 0 aliphatic rings. The zero-order chi connectivity index (χ0) is 18.6. The summed E-state index contributed by atoms with van der Waals surface area (Å²) in [5.74, 6) is -0.315. The molecule has 3 aromatic rings. The normalized spacial score (nSPS) is 11.6. The standard InChI is InChI=1S/C19H17N3O3S/c1-26(24,25)18-10-8-16(9-11-18)21-19(23)12-7-15-13-20-22(14-15)17-5-3-2-4-6-17/h2-14H,1H3,(H,21,23)/b12-7+. The molecule has 1 amide bonds. The van der Waals surface area contributed by atoms with Crippen molar-refractivity contribution in [2.24, 2.45) is 0 Å². The number of anilines is 1. The topological polar surface area (TPSA) is 81.1 Å². The fourth-order valence-corrected chi connectivity index (χ4v) is 2.92. The van der Waals surface area contributed by atoms with Crippen LogP contribution >= 0.6 is 0 Å². The summed E-state index contributed by atoms with van der Waals surface area (Å²) in [4.78, 5) is 12.2. The van der Waals surface area contributed by atoms with Gasteiger partial charge in [0.25, 0.3) is 0 Å². The van der Waals surface area contributed by atoms with Gasteiger partial charge in [0.15, 0.2) is 9.84 Å². The van der Waals surface area contributed by atoms with Crippen LogP contribution in [0.1, 0.15) is 5.56 Å². The lowest BCUT2D eigenvalue weighted by Crippen LogP contribution is -2.07. The van der Waals surface area contributed by atoms with Crippen molar-refractivity contribution in [2.45, 2.75) is 4.90 Å². The van der Waals surface area contributed by atoms with E-state index in [-0.39, 0.29) is 10.8 Å². The monoisotopic (exact) mass is 367 g/mol. The van der Waals surface area contributed by atoms with Crippen LogP contribution in [-0.4, -0.2) is 30.4 Å². The van der Waals surface area contributed by atoms with Gasteiger partial charge in [-0.2, -0.15) is 5.10 Å². The summed E-state index contributed by atoms with van der Waals surface area (Å²) in [5.41, 5.74) is 2.24. The van der Waals surface area contributed by atoms with E-state index in [4.69, 9.17) is 0 Å². The Labute approximate surface area is 151 Å². The Morgan fingerprint density at radius 2 is 1.77 bits per heavy atom. The maximum Gasteiger partial charge on any atom is 0.248 e. The molecule has 132 valence electrons. The number of aromatic nitrogens is 2. The molecule has 0 unspecified atom stereocenters. The number of para-hydroxylation sites is 1. The average molecular weight is 367 g/mol. The first kappa shape index (κ1) is 17.6. The summed E-state index contributed by atoms with van der Waals surface area (Å²) < 4.78 is 24.6. The van der Waals surface area contributed by atoms with Crippen molar-refractivity contribution in [3.63, 3.8) is 0 Å². The van der Waals surface area contributed by atoms with Gasteiger partial charge in [-0.05, 0) is 42.5 Å². The third kappa shape index (κ3) is 4.46. The van der Waals surface area contributed by atoms with Crippen molar-refractivity contribution in [3.8, 4) is 5.69 Å². The van der Waals surface area contributed by atoms with Gasteiger partial charge in [0.1, 0.15) is 0 Å². The van der Waals surface area contributed by atoms with Gasteiger partial charge in [-0.3, -0.25) is 4.79 Å². The van der Waals surface area contributed by atoms with Gasteiger partial charge < -0.3 is 5.32 Å². The quantitative estimate of drug-likeness (QED) is 0.703. The molecule has 3 rings (SSSR count). The molecular weight excluding hydrogens is 350 g/mol. The summed E-state index contributed by atoms with van der Waals surface area (Å²) >= 11 is 0. The van der Waals surface area contributed by atoms with E-state index < -0.39 is 9.84 Å². The van der Waals surface area contributed by atoms with Crippen LogP contribution in [0.5, 0.6) is 0 Å². The van der Waals surface area contributed by atoms with E-state index in [2.05, 4.69) is 10.4 Å². The van der Waals surface area contributed by atoms with Crippen LogP contribution < -0.4 is 5.32 Å². The molecule has 0 spiro atoms. The van der Waals surface area contributed by atoms with E-state index in [0.29, 0.717) is 5.69 Å². The maximum absolute atomic E-state index is 12.0. The van der Waals surface area contributed by atoms with Crippen LogP contribution in [-0.2, 0) is 14.6 Å². The Morgan fingerprint density at radius 1 is 1.08 bits per heavy atom. The minimum Gasteiger partial charge on any atom is -0.323 e. The summed E-state index contributed by atoms with van der Waals surface area (Å²) in [7, 11) is -3.25. The molecule has 6 nitrogen and oxygen atoms in total. The fourth-order valence-electron chi connectivity index (χ4n) is 2.29. The zero-order valence-electron chi connectivity index (χ0n) is 14.0. The fraction of sp³-hybridized carbons (Fsp3) is 0.0526. The molecule has 0 fully saturated rings. The highest BCUT2D eigenvalue weighted by atomic mass is 32.2. The molecule has 0 aliphatic carbocycles. The van der Waals surface area contributed by atoms with Gasteiger partial charge in [0.05, 0.1) is 16.8 Å². The van der Waals surface area contributed by atoms with Crippen LogP contribution in [0.25, 0.3) is 11.8 Å². The molecule has 1 N–H and O–H groups in total. The van der Waals surface area contributed by atoms with Gasteiger partial charge in [0, 0.05) is 29.8 Å². The van der Waals surface area contributed by atoms with E-state index in [1.807, 2.05) is 36.5 Å². The molecule has 2 aromatic carbocycles. The number of carbonyl (C=O) groups excluding carboxylic acids is 1. The van der Waals surface area contributed by atoms with Crippen molar-refractivity contribution < 1.29 is 13.2 Å². The number of carbonyl (C=O) groups is 1. The Kier molecular flexibility index (Phi) is 4.99. The zero-order valence-corrected chi connectivity index (χ0v) is 14.8. The maximum atomic E-state index is 12.0. The second-order valence-electron chi connectivity index (χ2n) is 5.67. The molecule has 26 heavy (non-hydrogen) atoms. The minimum absolute atomic E-state index is 0.208. The number of nitrogens with zero attached hydrogens (tertiary/aromatic N) is 2. The molecule has 0 bridgehead atoms. The second kappa shape index (κ2) is 7.37. The highest BCUT2D eigenvalue weighted by Gasteiger charge is 2.06. The molecule has 1 heterocycles. The molecule has 7 heteroatoms. The Morgan fingerprint density at radius 3 is 2.42 bits per heavy atom. The average Bonchev–Trinajstić information content (AvgIpc) is 3.09. The van der Waals surface area contributed by atoms with Crippen molar-refractivity contribution in [1.29, 1.82) is 0 Å². The van der Waals surface area contributed by atoms with Gasteiger partial charge in [-0.25, -0.2) is 13.1 Å². The Balaban J connectivity index is 1.64. The number of rotatable bonds is 5. The number of hydrogen-bond acceptors (Lipinski definition) is 4. The second-order valence-corrected chi connectivity index (χ2v) is 7.69. The van der Waals surface area contributed by atoms with Crippen LogP contribution in [0.2, 0.25) is 0 Å². The predicted octanol–water partition coefficient (Wildman–Crippen LogP) is 2.93. The number of hydrogen-bond donors (Lipinski definition) is 1. The largest absolute Gasteiger partial charge is 0.323 e. The Hall–Kier alpha value is -3.19. The first-order valence-corrected chi connectivity index (χ1v) is 9.70. The smallest absolute Gasteiger partial charge is 0.248 e. The summed E-state index contributed by atoms with van der Waals surface area (Å²) in [6.45, 7) is 0. The van der Waals surface area contributed by atoms with Gasteiger partial charge >= 0.3 is 0 Å². The highest BCUT2D eigenvalue weighted by molar-refractivity contribution is 7.90. The van der Waals surface area contributed by atoms with E-state index in [9.17, 15) is 13.2 Å². The predicted molar refractivity (Wildman–Crippen MR) is 101 cm³/mol. The SMILES string of the molecule is CS(=O)(=O)c1ccc(NC(=O)/C=C/c2cnn(-c3ccccc3)c2)cc1. The lowest BCUT2D eigenvalue weighted by atomic mass is 10.3. The van der Waals surface area contributed by atoms with Crippen molar-refractivity contribution in [1.82, 2.24) is 9.78 Å². The first-order chi connectivity index (χ1) is 12.4. The lowest BCUT2D eigenvalue weighted by Gasteiger charge is -2.03. The van der Waals surface area contributed by atoms with Crippen LogP contribution in [0.3, 0.4) is 0 Å². The van der Waals surface area contributed by atoms with Gasteiger partial charge in [-0.1, -0.05) is 18.2 Å². The first-order valence-electron chi connectivity index (χ1n) is 7.81. The van der Waals surface area contributed by atoms with E-state index in [0.717, 1.165) is 17.5 Å². The lowest BCUT2D eigenvalue weighted by molar-refractivity contribution is -0.111. The van der Waals surface area contributed by atoms with E-state index in [1.54, 1.807) is 29.1 Å².